The Morgan fingerprint density at radius 2 is 1.52 bits per heavy atom. The van der Waals surface area contributed by atoms with Crippen molar-refractivity contribution < 1.29 is 14.3 Å². The summed E-state index contributed by atoms with van der Waals surface area (Å²) in [6.07, 6.45) is 2.31. The molecule has 0 aliphatic rings. The molecule has 0 saturated carbocycles. The molecule has 0 aliphatic carbocycles. The standard InChI is InChI=1S/C22H28N2O3/c1-4-8-21(25)23-17-11-13-18(14-12-17)24-22(26)15-27-20-10-7-6-9-19(20)16(3)5-2/h6-7,9-14,16H,4-5,8,15H2,1-3H3,(H,23,25)(H,24,26). The van der Waals surface area contributed by atoms with E-state index in [4.69, 9.17) is 4.74 Å². The number of anilines is 2. The number of carbonyl (C=O) groups excluding carboxylic acids is 2. The molecule has 144 valence electrons. The van der Waals surface area contributed by atoms with Gasteiger partial charge in [-0.2, -0.15) is 0 Å². The molecule has 0 heterocycles. The summed E-state index contributed by atoms with van der Waals surface area (Å²) in [7, 11) is 0. The van der Waals surface area contributed by atoms with Crippen molar-refractivity contribution in [1.29, 1.82) is 0 Å². The topological polar surface area (TPSA) is 67.4 Å². The molecule has 5 nitrogen and oxygen atoms in total. The second-order valence-electron chi connectivity index (χ2n) is 6.56. The minimum absolute atomic E-state index is 0.0114. The highest BCUT2D eigenvalue weighted by Gasteiger charge is 2.11. The number of rotatable bonds is 9. The number of benzene rings is 2. The van der Waals surface area contributed by atoms with Gasteiger partial charge in [0.25, 0.3) is 5.91 Å². The highest BCUT2D eigenvalue weighted by atomic mass is 16.5. The largest absolute Gasteiger partial charge is 0.483 e. The Morgan fingerprint density at radius 3 is 2.11 bits per heavy atom. The van der Waals surface area contributed by atoms with Gasteiger partial charge in [0, 0.05) is 17.8 Å². The van der Waals surface area contributed by atoms with Gasteiger partial charge in [0.15, 0.2) is 6.61 Å². The zero-order valence-corrected chi connectivity index (χ0v) is 16.2. The first kappa shape index (κ1) is 20.5. The fraction of sp³-hybridized carbons (Fsp3) is 0.364. The Bertz CT molecular complexity index is 756. The Labute approximate surface area is 161 Å². The van der Waals surface area contributed by atoms with Crippen molar-refractivity contribution >= 4 is 23.2 Å². The van der Waals surface area contributed by atoms with Crippen molar-refractivity contribution in [1.82, 2.24) is 0 Å². The SMILES string of the molecule is CCCC(=O)Nc1ccc(NC(=O)COc2ccccc2C(C)CC)cc1. The predicted molar refractivity (Wildman–Crippen MR) is 109 cm³/mol. The zero-order chi connectivity index (χ0) is 19.6. The number of ether oxygens (including phenoxy) is 1. The van der Waals surface area contributed by atoms with Gasteiger partial charge in [-0.05, 0) is 54.7 Å². The molecule has 2 amide bonds. The van der Waals surface area contributed by atoms with Crippen LogP contribution in [0.4, 0.5) is 11.4 Å². The number of amides is 2. The van der Waals surface area contributed by atoms with Crippen LogP contribution in [0.1, 0.15) is 51.5 Å². The van der Waals surface area contributed by atoms with Crippen molar-refractivity contribution in [2.75, 3.05) is 17.2 Å². The van der Waals surface area contributed by atoms with Gasteiger partial charge in [0.05, 0.1) is 0 Å². The maximum absolute atomic E-state index is 12.2. The van der Waals surface area contributed by atoms with Crippen LogP contribution in [0.3, 0.4) is 0 Å². The van der Waals surface area contributed by atoms with Gasteiger partial charge in [-0.3, -0.25) is 9.59 Å². The summed E-state index contributed by atoms with van der Waals surface area (Å²) in [4.78, 5) is 23.8. The van der Waals surface area contributed by atoms with Crippen LogP contribution in [-0.4, -0.2) is 18.4 Å². The molecule has 0 fully saturated rings. The molecule has 1 unspecified atom stereocenters. The van der Waals surface area contributed by atoms with E-state index in [9.17, 15) is 9.59 Å². The molecule has 2 N–H and O–H groups in total. The molecule has 2 aromatic rings. The van der Waals surface area contributed by atoms with Crippen LogP contribution in [0.25, 0.3) is 0 Å². The number of para-hydroxylation sites is 1. The number of hydrogen-bond acceptors (Lipinski definition) is 3. The molecule has 2 aromatic carbocycles. The third kappa shape index (κ3) is 6.44. The van der Waals surface area contributed by atoms with E-state index >= 15 is 0 Å². The predicted octanol–water partition coefficient (Wildman–Crippen LogP) is 4.96. The molecule has 2 rings (SSSR count). The van der Waals surface area contributed by atoms with Crippen LogP contribution < -0.4 is 15.4 Å². The van der Waals surface area contributed by atoms with E-state index in [0.29, 0.717) is 23.7 Å². The summed E-state index contributed by atoms with van der Waals surface area (Å²) in [6, 6.07) is 14.9. The fourth-order valence-corrected chi connectivity index (χ4v) is 2.67. The molecular formula is C22H28N2O3. The molecule has 0 aromatic heterocycles. The average molecular weight is 368 g/mol. The normalized spacial score (nSPS) is 11.5. The summed E-state index contributed by atoms with van der Waals surface area (Å²) in [5.74, 6) is 0.884. The van der Waals surface area contributed by atoms with Gasteiger partial charge in [-0.15, -0.1) is 0 Å². The first-order chi connectivity index (χ1) is 13.0. The fourth-order valence-electron chi connectivity index (χ4n) is 2.67. The zero-order valence-electron chi connectivity index (χ0n) is 16.2. The van der Waals surface area contributed by atoms with E-state index in [0.717, 1.165) is 24.2 Å². The number of hydrogen-bond donors (Lipinski definition) is 2. The minimum atomic E-state index is -0.225. The summed E-state index contributed by atoms with van der Waals surface area (Å²) < 4.78 is 5.73. The summed E-state index contributed by atoms with van der Waals surface area (Å²) >= 11 is 0. The first-order valence-electron chi connectivity index (χ1n) is 9.45. The number of carbonyl (C=O) groups is 2. The molecule has 0 spiro atoms. The third-order valence-corrected chi connectivity index (χ3v) is 4.35. The monoisotopic (exact) mass is 368 g/mol. The Balaban J connectivity index is 1.88. The van der Waals surface area contributed by atoms with Gasteiger partial charge in [0.2, 0.25) is 5.91 Å². The Hall–Kier alpha value is -2.82. The quantitative estimate of drug-likeness (QED) is 0.657. The van der Waals surface area contributed by atoms with Gasteiger partial charge in [-0.1, -0.05) is 39.0 Å². The lowest BCUT2D eigenvalue weighted by atomic mass is 9.98. The molecule has 1 atom stereocenters. The van der Waals surface area contributed by atoms with Crippen LogP contribution in [0.15, 0.2) is 48.5 Å². The maximum atomic E-state index is 12.2. The van der Waals surface area contributed by atoms with Crippen LogP contribution >= 0.6 is 0 Å². The van der Waals surface area contributed by atoms with E-state index in [2.05, 4.69) is 24.5 Å². The highest BCUT2D eigenvalue weighted by molar-refractivity contribution is 5.93. The van der Waals surface area contributed by atoms with Crippen molar-refractivity contribution in [2.24, 2.45) is 0 Å². The summed E-state index contributed by atoms with van der Waals surface area (Å²) in [6.45, 7) is 6.18. The molecule has 27 heavy (non-hydrogen) atoms. The van der Waals surface area contributed by atoms with Crippen molar-refractivity contribution in [2.45, 2.75) is 46.0 Å². The van der Waals surface area contributed by atoms with Crippen molar-refractivity contribution in [3.63, 3.8) is 0 Å². The van der Waals surface area contributed by atoms with Crippen LogP contribution in [-0.2, 0) is 9.59 Å². The first-order valence-corrected chi connectivity index (χ1v) is 9.45. The summed E-state index contributed by atoms with van der Waals surface area (Å²) in [5, 5.41) is 5.62. The van der Waals surface area contributed by atoms with Gasteiger partial charge in [-0.25, -0.2) is 0 Å². The lowest BCUT2D eigenvalue weighted by Crippen LogP contribution is -2.20. The highest BCUT2D eigenvalue weighted by Crippen LogP contribution is 2.28. The van der Waals surface area contributed by atoms with Crippen molar-refractivity contribution in [3.8, 4) is 5.75 Å². The lowest BCUT2D eigenvalue weighted by molar-refractivity contribution is -0.118. The van der Waals surface area contributed by atoms with E-state index in [1.165, 1.54) is 0 Å². The maximum Gasteiger partial charge on any atom is 0.262 e. The van der Waals surface area contributed by atoms with Crippen LogP contribution in [0.5, 0.6) is 5.75 Å². The second kappa shape index (κ2) is 10.4. The Kier molecular flexibility index (Phi) is 7.86. The van der Waals surface area contributed by atoms with E-state index in [1.54, 1.807) is 24.3 Å². The van der Waals surface area contributed by atoms with Gasteiger partial charge >= 0.3 is 0 Å². The molecule has 5 heteroatoms. The summed E-state index contributed by atoms with van der Waals surface area (Å²) in [5.41, 5.74) is 2.48. The average Bonchev–Trinajstić information content (AvgIpc) is 2.67. The van der Waals surface area contributed by atoms with Crippen LogP contribution in [0, 0.1) is 0 Å². The molecular weight excluding hydrogens is 340 g/mol. The third-order valence-electron chi connectivity index (χ3n) is 4.35. The van der Waals surface area contributed by atoms with Gasteiger partial charge in [0.1, 0.15) is 5.75 Å². The molecule has 0 radical (unpaired) electrons. The molecule has 0 bridgehead atoms. The minimum Gasteiger partial charge on any atom is -0.483 e. The van der Waals surface area contributed by atoms with E-state index in [-0.39, 0.29) is 18.4 Å². The second-order valence-corrected chi connectivity index (χ2v) is 6.56. The molecule has 0 aliphatic heterocycles. The lowest BCUT2D eigenvalue weighted by Gasteiger charge is -2.15. The van der Waals surface area contributed by atoms with Crippen molar-refractivity contribution in [3.05, 3.63) is 54.1 Å². The molecule has 0 saturated heterocycles. The Morgan fingerprint density at radius 1 is 0.926 bits per heavy atom. The smallest absolute Gasteiger partial charge is 0.262 e. The number of nitrogens with one attached hydrogen (secondary N) is 2. The van der Waals surface area contributed by atoms with E-state index in [1.807, 2.05) is 31.2 Å². The van der Waals surface area contributed by atoms with Crippen LogP contribution in [0.2, 0.25) is 0 Å². The van der Waals surface area contributed by atoms with E-state index < -0.39 is 0 Å². The van der Waals surface area contributed by atoms with Gasteiger partial charge < -0.3 is 15.4 Å².